The van der Waals surface area contributed by atoms with Crippen molar-refractivity contribution in [3.63, 3.8) is 0 Å². The molecule has 0 saturated carbocycles. The number of carbonyl (C=O) groups excluding carboxylic acids is 1. The zero-order valence-corrected chi connectivity index (χ0v) is 11.0. The van der Waals surface area contributed by atoms with Crippen LogP contribution in [0.2, 0.25) is 0 Å². The lowest BCUT2D eigenvalue weighted by Gasteiger charge is -2.17. The van der Waals surface area contributed by atoms with Gasteiger partial charge in [0.1, 0.15) is 17.4 Å². The second-order valence-electron chi connectivity index (χ2n) is 4.37. The number of aromatic nitrogens is 1. The van der Waals surface area contributed by atoms with Gasteiger partial charge in [0.2, 0.25) is 0 Å². The van der Waals surface area contributed by atoms with E-state index >= 15 is 0 Å². The average molecular weight is 259 g/mol. The number of benzene rings is 1. The largest absolute Gasteiger partial charge is 0.488 e. The summed E-state index contributed by atoms with van der Waals surface area (Å²) < 4.78 is 5.86. The number of hydrogen-bond donors (Lipinski definition) is 2. The van der Waals surface area contributed by atoms with Crippen LogP contribution in [0.1, 0.15) is 17.3 Å². The van der Waals surface area contributed by atoms with Gasteiger partial charge < -0.3 is 15.8 Å². The summed E-state index contributed by atoms with van der Waals surface area (Å²) >= 11 is 0. The molecular formula is C14H17N3O2. The number of rotatable bonds is 5. The second-order valence-corrected chi connectivity index (χ2v) is 4.37. The number of nitrogens with two attached hydrogens (primary N) is 1. The number of hydrogen-bond acceptors (Lipinski definition) is 4. The topological polar surface area (TPSA) is 77.2 Å². The van der Waals surface area contributed by atoms with Crippen molar-refractivity contribution in [2.75, 3.05) is 13.6 Å². The summed E-state index contributed by atoms with van der Waals surface area (Å²) in [4.78, 5) is 15.7. The van der Waals surface area contributed by atoms with Gasteiger partial charge in [0.05, 0.1) is 5.52 Å². The summed E-state index contributed by atoms with van der Waals surface area (Å²) in [6.45, 7) is 2.60. The number of nitrogens with one attached hydrogen (secondary N) is 1. The molecule has 1 unspecified atom stereocenters. The fourth-order valence-electron chi connectivity index (χ4n) is 1.95. The summed E-state index contributed by atoms with van der Waals surface area (Å²) in [5, 5.41) is 3.82. The van der Waals surface area contributed by atoms with Crippen molar-refractivity contribution in [2.24, 2.45) is 5.73 Å². The standard InChI is InChI=1S/C14H17N3O2/c1-9(7-16-2)19-13-10-5-3-4-6-12(10)17-8-11(13)14(15)18/h3-6,8-9,16H,7H2,1-2H3,(H2,15,18). The van der Waals surface area contributed by atoms with Crippen LogP contribution < -0.4 is 15.8 Å². The Balaban J connectivity index is 2.52. The van der Waals surface area contributed by atoms with Crippen LogP contribution in [0.5, 0.6) is 5.75 Å². The lowest BCUT2D eigenvalue weighted by molar-refractivity contribution is 0.0994. The second kappa shape index (κ2) is 5.67. The number of fused-ring (bicyclic) bond motifs is 1. The van der Waals surface area contributed by atoms with Crippen LogP contribution in [0.4, 0.5) is 0 Å². The van der Waals surface area contributed by atoms with Gasteiger partial charge in [-0.05, 0) is 26.1 Å². The highest BCUT2D eigenvalue weighted by molar-refractivity contribution is 6.01. The molecule has 0 saturated heterocycles. The summed E-state index contributed by atoms with van der Waals surface area (Å²) in [6, 6.07) is 7.51. The molecule has 100 valence electrons. The maximum Gasteiger partial charge on any atom is 0.254 e. The van der Waals surface area contributed by atoms with Crippen molar-refractivity contribution < 1.29 is 9.53 Å². The van der Waals surface area contributed by atoms with Crippen LogP contribution in [-0.2, 0) is 0 Å². The SMILES string of the molecule is CNCC(C)Oc1c(C(N)=O)cnc2ccccc12. The maximum atomic E-state index is 11.5. The van der Waals surface area contributed by atoms with Crippen molar-refractivity contribution in [1.29, 1.82) is 0 Å². The minimum absolute atomic E-state index is 0.0751. The molecule has 19 heavy (non-hydrogen) atoms. The molecule has 2 rings (SSSR count). The van der Waals surface area contributed by atoms with Gasteiger partial charge >= 0.3 is 0 Å². The smallest absolute Gasteiger partial charge is 0.254 e. The molecule has 0 aliphatic rings. The molecule has 0 radical (unpaired) electrons. The first-order valence-corrected chi connectivity index (χ1v) is 6.12. The van der Waals surface area contributed by atoms with E-state index in [0.717, 1.165) is 10.9 Å². The van der Waals surface area contributed by atoms with Crippen molar-refractivity contribution >= 4 is 16.8 Å². The van der Waals surface area contributed by atoms with Crippen LogP contribution in [-0.4, -0.2) is 30.6 Å². The van der Waals surface area contributed by atoms with Crippen molar-refractivity contribution in [1.82, 2.24) is 10.3 Å². The van der Waals surface area contributed by atoms with Gasteiger partial charge in [-0.3, -0.25) is 9.78 Å². The molecule has 3 N–H and O–H groups in total. The normalized spacial score (nSPS) is 12.3. The fraction of sp³-hybridized carbons (Fsp3) is 0.286. The van der Waals surface area contributed by atoms with E-state index in [1.54, 1.807) is 0 Å². The molecule has 5 heteroatoms. The number of primary amides is 1. The zero-order chi connectivity index (χ0) is 13.8. The Labute approximate surface area is 111 Å². The zero-order valence-electron chi connectivity index (χ0n) is 11.0. The van der Waals surface area contributed by atoms with E-state index in [1.165, 1.54) is 6.20 Å². The number of ether oxygens (including phenoxy) is 1. The summed E-state index contributed by atoms with van der Waals surface area (Å²) in [5.41, 5.74) is 6.46. The highest BCUT2D eigenvalue weighted by Gasteiger charge is 2.16. The first-order valence-electron chi connectivity index (χ1n) is 6.12. The molecule has 5 nitrogen and oxygen atoms in total. The molecule has 1 atom stereocenters. The summed E-state index contributed by atoms with van der Waals surface area (Å²) in [5.74, 6) is -0.0363. The van der Waals surface area contributed by atoms with Crippen LogP contribution in [0.3, 0.4) is 0 Å². The van der Waals surface area contributed by atoms with Gasteiger partial charge in [-0.2, -0.15) is 0 Å². The number of amides is 1. The molecule has 1 heterocycles. The number of nitrogens with zero attached hydrogens (tertiary/aromatic N) is 1. The van der Waals surface area contributed by atoms with Crippen molar-refractivity contribution in [2.45, 2.75) is 13.0 Å². The van der Waals surface area contributed by atoms with E-state index in [4.69, 9.17) is 10.5 Å². The Morgan fingerprint density at radius 3 is 2.89 bits per heavy atom. The third-order valence-corrected chi connectivity index (χ3v) is 2.80. The summed E-state index contributed by atoms with van der Waals surface area (Å²) in [7, 11) is 1.85. The van der Waals surface area contributed by atoms with Gasteiger partial charge in [0, 0.05) is 18.1 Å². The van der Waals surface area contributed by atoms with E-state index < -0.39 is 5.91 Å². The van der Waals surface area contributed by atoms with Gasteiger partial charge in [0.25, 0.3) is 5.91 Å². The van der Waals surface area contributed by atoms with E-state index in [-0.39, 0.29) is 6.10 Å². The molecule has 0 aliphatic heterocycles. The van der Waals surface area contributed by atoms with Crippen LogP contribution in [0.25, 0.3) is 10.9 Å². The third-order valence-electron chi connectivity index (χ3n) is 2.80. The quantitative estimate of drug-likeness (QED) is 0.849. The lowest BCUT2D eigenvalue weighted by Crippen LogP contribution is -2.27. The number of carbonyl (C=O) groups is 1. The number of para-hydroxylation sites is 1. The Kier molecular flexibility index (Phi) is 3.97. The van der Waals surface area contributed by atoms with E-state index in [2.05, 4.69) is 10.3 Å². The predicted octanol–water partition coefficient (Wildman–Crippen LogP) is 1.32. The Bertz CT molecular complexity index is 598. The van der Waals surface area contributed by atoms with Crippen molar-refractivity contribution in [3.8, 4) is 5.75 Å². The van der Waals surface area contributed by atoms with E-state index in [1.807, 2.05) is 38.2 Å². The van der Waals surface area contributed by atoms with Crippen LogP contribution in [0, 0.1) is 0 Å². The van der Waals surface area contributed by atoms with Gasteiger partial charge in [-0.25, -0.2) is 0 Å². The molecule has 1 aromatic heterocycles. The number of likely N-dealkylation sites (N-methyl/N-ethyl adjacent to an activating group) is 1. The minimum atomic E-state index is -0.537. The third kappa shape index (κ3) is 2.82. The Morgan fingerprint density at radius 2 is 2.21 bits per heavy atom. The Hall–Kier alpha value is -2.14. The highest BCUT2D eigenvalue weighted by Crippen LogP contribution is 2.28. The van der Waals surface area contributed by atoms with Crippen LogP contribution in [0.15, 0.2) is 30.5 Å². The maximum absolute atomic E-state index is 11.5. The lowest BCUT2D eigenvalue weighted by atomic mass is 10.1. The number of pyridine rings is 1. The first-order chi connectivity index (χ1) is 9.13. The molecule has 0 fully saturated rings. The monoisotopic (exact) mass is 259 g/mol. The molecule has 2 aromatic rings. The van der Waals surface area contributed by atoms with Crippen molar-refractivity contribution in [3.05, 3.63) is 36.0 Å². The van der Waals surface area contributed by atoms with Crippen LogP contribution >= 0.6 is 0 Å². The van der Waals surface area contributed by atoms with E-state index in [0.29, 0.717) is 17.9 Å². The fourth-order valence-corrected chi connectivity index (χ4v) is 1.95. The van der Waals surface area contributed by atoms with Gasteiger partial charge in [-0.1, -0.05) is 12.1 Å². The molecular weight excluding hydrogens is 242 g/mol. The van der Waals surface area contributed by atoms with Gasteiger partial charge in [-0.15, -0.1) is 0 Å². The predicted molar refractivity (Wildman–Crippen MR) is 74.3 cm³/mol. The average Bonchev–Trinajstić information content (AvgIpc) is 2.39. The minimum Gasteiger partial charge on any atom is -0.488 e. The summed E-state index contributed by atoms with van der Waals surface area (Å²) in [6.07, 6.45) is 1.39. The molecule has 1 aromatic carbocycles. The Morgan fingerprint density at radius 1 is 1.47 bits per heavy atom. The van der Waals surface area contributed by atoms with E-state index in [9.17, 15) is 4.79 Å². The molecule has 0 spiro atoms. The highest BCUT2D eigenvalue weighted by atomic mass is 16.5. The molecule has 0 aliphatic carbocycles. The molecule has 0 bridgehead atoms. The first kappa shape index (κ1) is 13.3. The molecule has 1 amide bonds. The van der Waals surface area contributed by atoms with Gasteiger partial charge in [0.15, 0.2) is 0 Å².